The molecule has 0 atom stereocenters. The van der Waals surface area contributed by atoms with Gasteiger partial charge in [-0.2, -0.15) is 5.10 Å². The van der Waals surface area contributed by atoms with Gasteiger partial charge in [-0.05, 0) is 50.5 Å². The monoisotopic (exact) mass is 404 g/mol. The van der Waals surface area contributed by atoms with Crippen molar-refractivity contribution in [1.29, 1.82) is 0 Å². The molecule has 0 aliphatic heterocycles. The van der Waals surface area contributed by atoms with Gasteiger partial charge in [-0.15, -0.1) is 0 Å². The molecule has 0 spiro atoms. The number of fused-ring (bicyclic) bond motifs is 3. The SMILES string of the molecule is O=C(COc1ccc2ccccc2c1)NN=Cc1c2ccccc2cc2ccccc12. The highest BCUT2D eigenvalue weighted by Crippen LogP contribution is 2.27. The lowest BCUT2D eigenvalue weighted by Crippen LogP contribution is -2.24. The molecule has 5 rings (SSSR count). The molecule has 150 valence electrons. The van der Waals surface area contributed by atoms with Gasteiger partial charge in [-0.3, -0.25) is 4.79 Å². The highest BCUT2D eigenvalue weighted by atomic mass is 16.5. The van der Waals surface area contributed by atoms with Gasteiger partial charge in [0.1, 0.15) is 5.75 Å². The lowest BCUT2D eigenvalue weighted by atomic mass is 9.97. The molecule has 0 aromatic heterocycles. The minimum Gasteiger partial charge on any atom is -0.484 e. The molecule has 0 aliphatic rings. The van der Waals surface area contributed by atoms with Gasteiger partial charge >= 0.3 is 0 Å². The summed E-state index contributed by atoms with van der Waals surface area (Å²) in [6.07, 6.45) is 1.71. The Labute approximate surface area is 179 Å². The maximum atomic E-state index is 12.2. The van der Waals surface area contributed by atoms with Gasteiger partial charge in [0.05, 0.1) is 6.21 Å². The van der Waals surface area contributed by atoms with Crippen molar-refractivity contribution in [1.82, 2.24) is 5.43 Å². The number of hydrogen-bond donors (Lipinski definition) is 1. The number of nitrogens with zero attached hydrogens (tertiary/aromatic N) is 1. The van der Waals surface area contributed by atoms with Crippen molar-refractivity contribution in [3.8, 4) is 5.75 Å². The molecule has 0 bridgehead atoms. The van der Waals surface area contributed by atoms with Crippen LogP contribution in [0, 0.1) is 0 Å². The number of ether oxygens (including phenoxy) is 1. The second kappa shape index (κ2) is 8.28. The number of nitrogens with one attached hydrogen (secondary N) is 1. The molecular formula is C27H20N2O2. The maximum Gasteiger partial charge on any atom is 0.277 e. The zero-order chi connectivity index (χ0) is 21.0. The minimum absolute atomic E-state index is 0.105. The van der Waals surface area contributed by atoms with E-state index in [9.17, 15) is 4.79 Å². The van der Waals surface area contributed by atoms with Crippen LogP contribution in [0.3, 0.4) is 0 Å². The van der Waals surface area contributed by atoms with Gasteiger partial charge in [-0.25, -0.2) is 5.43 Å². The number of hydrazone groups is 1. The second-order valence-corrected chi connectivity index (χ2v) is 7.32. The predicted molar refractivity (Wildman–Crippen MR) is 127 cm³/mol. The van der Waals surface area contributed by atoms with Crippen LogP contribution < -0.4 is 10.2 Å². The summed E-state index contributed by atoms with van der Waals surface area (Å²) in [5, 5.41) is 10.8. The van der Waals surface area contributed by atoms with Crippen LogP contribution in [0.2, 0.25) is 0 Å². The molecule has 5 aromatic rings. The van der Waals surface area contributed by atoms with Crippen molar-refractivity contribution in [2.24, 2.45) is 5.10 Å². The fourth-order valence-corrected chi connectivity index (χ4v) is 3.80. The summed E-state index contributed by atoms with van der Waals surface area (Å²) >= 11 is 0. The minimum atomic E-state index is -0.311. The highest BCUT2D eigenvalue weighted by Gasteiger charge is 2.06. The Balaban J connectivity index is 1.31. The lowest BCUT2D eigenvalue weighted by Gasteiger charge is -2.08. The molecule has 0 heterocycles. The number of benzene rings is 5. The van der Waals surface area contributed by atoms with Crippen LogP contribution in [0.1, 0.15) is 5.56 Å². The fraction of sp³-hybridized carbons (Fsp3) is 0.0370. The number of rotatable bonds is 5. The van der Waals surface area contributed by atoms with Crippen LogP contribution in [0.5, 0.6) is 5.75 Å². The molecule has 4 heteroatoms. The first-order chi connectivity index (χ1) is 15.3. The van der Waals surface area contributed by atoms with Gasteiger partial charge in [0.25, 0.3) is 5.91 Å². The average molecular weight is 404 g/mol. The van der Waals surface area contributed by atoms with Gasteiger partial charge < -0.3 is 4.74 Å². The molecule has 1 amide bonds. The third-order valence-corrected chi connectivity index (χ3v) is 5.29. The van der Waals surface area contributed by atoms with Gasteiger partial charge in [0.15, 0.2) is 6.61 Å². The Morgan fingerprint density at radius 1 is 0.742 bits per heavy atom. The summed E-state index contributed by atoms with van der Waals surface area (Å²) in [6, 6.07) is 32.3. The summed E-state index contributed by atoms with van der Waals surface area (Å²) in [6.45, 7) is -0.105. The topological polar surface area (TPSA) is 50.7 Å². The van der Waals surface area contributed by atoms with Crippen LogP contribution in [0.4, 0.5) is 0 Å². The van der Waals surface area contributed by atoms with Crippen molar-refractivity contribution in [2.75, 3.05) is 6.61 Å². The lowest BCUT2D eigenvalue weighted by molar-refractivity contribution is -0.123. The van der Waals surface area contributed by atoms with E-state index in [0.717, 1.165) is 37.9 Å². The molecule has 0 radical (unpaired) electrons. The van der Waals surface area contributed by atoms with E-state index in [1.807, 2.05) is 66.7 Å². The molecule has 0 aliphatic carbocycles. The van der Waals surface area contributed by atoms with E-state index in [0.29, 0.717) is 5.75 Å². The Bertz CT molecular complexity index is 1390. The van der Waals surface area contributed by atoms with E-state index >= 15 is 0 Å². The fourth-order valence-electron chi connectivity index (χ4n) is 3.80. The van der Waals surface area contributed by atoms with E-state index in [-0.39, 0.29) is 12.5 Å². The van der Waals surface area contributed by atoms with Crippen LogP contribution in [0.15, 0.2) is 102 Å². The van der Waals surface area contributed by atoms with Crippen LogP contribution in [-0.4, -0.2) is 18.7 Å². The van der Waals surface area contributed by atoms with Crippen molar-refractivity contribution < 1.29 is 9.53 Å². The summed E-state index contributed by atoms with van der Waals surface area (Å²) in [4.78, 5) is 12.2. The van der Waals surface area contributed by atoms with Gasteiger partial charge in [0.2, 0.25) is 0 Å². The van der Waals surface area contributed by atoms with Crippen molar-refractivity contribution in [3.63, 3.8) is 0 Å². The zero-order valence-electron chi connectivity index (χ0n) is 16.8. The summed E-state index contributed by atoms with van der Waals surface area (Å²) in [5.41, 5.74) is 3.55. The first-order valence-corrected chi connectivity index (χ1v) is 10.1. The molecule has 4 nitrogen and oxygen atoms in total. The number of hydrogen-bond acceptors (Lipinski definition) is 3. The van der Waals surface area contributed by atoms with Gasteiger partial charge in [0, 0.05) is 5.56 Å². The van der Waals surface area contributed by atoms with Crippen LogP contribution in [-0.2, 0) is 4.79 Å². The van der Waals surface area contributed by atoms with E-state index in [2.05, 4.69) is 40.9 Å². The van der Waals surface area contributed by atoms with E-state index < -0.39 is 0 Å². The largest absolute Gasteiger partial charge is 0.484 e. The van der Waals surface area contributed by atoms with E-state index in [4.69, 9.17) is 4.74 Å². The highest BCUT2D eigenvalue weighted by molar-refractivity contribution is 6.13. The Hall–Kier alpha value is -4.18. The molecule has 5 aromatic carbocycles. The summed E-state index contributed by atoms with van der Waals surface area (Å²) < 4.78 is 5.63. The van der Waals surface area contributed by atoms with Crippen LogP contribution >= 0.6 is 0 Å². The van der Waals surface area contributed by atoms with E-state index in [1.165, 1.54) is 0 Å². The number of amides is 1. The molecule has 31 heavy (non-hydrogen) atoms. The quantitative estimate of drug-likeness (QED) is 0.233. The van der Waals surface area contributed by atoms with Gasteiger partial charge in [-0.1, -0.05) is 78.9 Å². The molecule has 0 unspecified atom stereocenters. The van der Waals surface area contributed by atoms with Crippen molar-refractivity contribution in [2.45, 2.75) is 0 Å². The molecule has 0 fully saturated rings. The Kier molecular flexibility index (Phi) is 5.03. The summed E-state index contributed by atoms with van der Waals surface area (Å²) in [5.74, 6) is 0.340. The Morgan fingerprint density at radius 3 is 2.06 bits per heavy atom. The second-order valence-electron chi connectivity index (χ2n) is 7.32. The number of carbonyl (C=O) groups is 1. The third-order valence-electron chi connectivity index (χ3n) is 5.29. The standard InChI is InChI=1S/C27H20N2O2/c30-27(18-31-23-14-13-19-7-1-2-8-20(19)16-23)29-28-17-26-24-11-5-3-9-21(24)15-22-10-4-6-12-25(22)26/h1-17H,18H2,(H,29,30). The van der Waals surface area contributed by atoms with E-state index in [1.54, 1.807) is 6.21 Å². The van der Waals surface area contributed by atoms with Crippen LogP contribution in [0.25, 0.3) is 32.3 Å². The maximum absolute atomic E-state index is 12.2. The number of carbonyl (C=O) groups excluding carboxylic acids is 1. The molecule has 0 saturated heterocycles. The molecular weight excluding hydrogens is 384 g/mol. The zero-order valence-corrected chi connectivity index (χ0v) is 16.8. The normalized spacial score (nSPS) is 11.4. The Morgan fingerprint density at radius 2 is 1.35 bits per heavy atom. The first-order valence-electron chi connectivity index (χ1n) is 10.1. The molecule has 0 saturated carbocycles. The van der Waals surface area contributed by atoms with Crippen molar-refractivity contribution >= 4 is 44.4 Å². The first kappa shape index (κ1) is 18.8. The smallest absolute Gasteiger partial charge is 0.277 e. The summed E-state index contributed by atoms with van der Waals surface area (Å²) in [7, 11) is 0. The third kappa shape index (κ3) is 3.96. The predicted octanol–water partition coefficient (Wildman–Crippen LogP) is 5.68. The van der Waals surface area contributed by atoms with Crippen molar-refractivity contribution in [3.05, 3.63) is 103 Å². The average Bonchev–Trinajstić information content (AvgIpc) is 2.82. The molecule has 1 N–H and O–H groups in total.